The van der Waals surface area contributed by atoms with E-state index in [0.717, 1.165) is 13.0 Å². The molecule has 1 N–H and O–H groups in total. The van der Waals surface area contributed by atoms with Crippen molar-refractivity contribution >= 4 is 37.3 Å². The Balaban J connectivity index is 3.29. The van der Waals surface area contributed by atoms with Crippen molar-refractivity contribution in [1.82, 2.24) is 0 Å². The zero-order valence-electron chi connectivity index (χ0n) is 9.56. The average Bonchev–Trinajstić information content (AvgIpc) is 2.13. The Morgan fingerprint density at radius 1 is 1.28 bits per heavy atom. The summed E-state index contributed by atoms with van der Waals surface area (Å²) in [6.07, 6.45) is 0. The molecule has 0 unspecified atom stereocenters. The molecule has 1 amide bonds. The number of hydrogen-bond acceptors (Lipinski definition) is 5. The second kappa shape index (κ2) is 5.36. The Bertz CT molecular complexity index is 596. The van der Waals surface area contributed by atoms with Crippen LogP contribution in [-0.4, -0.2) is 20.3 Å². The van der Waals surface area contributed by atoms with Gasteiger partial charge in [-0.25, -0.2) is 8.42 Å². The maximum atomic E-state index is 11.3. The van der Waals surface area contributed by atoms with E-state index in [2.05, 4.69) is 5.32 Å². The number of ether oxygens (including phenoxy) is 1. The maximum Gasteiger partial charge on any atom is 0.308 e. The average molecular weight is 292 g/mol. The number of benzene rings is 1. The van der Waals surface area contributed by atoms with Crippen LogP contribution in [0.2, 0.25) is 0 Å². The summed E-state index contributed by atoms with van der Waals surface area (Å²) in [6, 6.07) is 3.69. The van der Waals surface area contributed by atoms with Crippen LogP contribution in [0.1, 0.15) is 13.8 Å². The number of rotatable bonds is 3. The number of esters is 1. The first-order chi connectivity index (χ1) is 8.20. The van der Waals surface area contributed by atoms with Crippen LogP contribution < -0.4 is 10.1 Å². The number of carbonyl (C=O) groups is 2. The number of halogens is 1. The van der Waals surface area contributed by atoms with Gasteiger partial charge in [-0.15, -0.1) is 0 Å². The lowest BCUT2D eigenvalue weighted by atomic mass is 10.3. The summed E-state index contributed by atoms with van der Waals surface area (Å²) >= 11 is 0. The van der Waals surface area contributed by atoms with Crippen LogP contribution in [0.25, 0.3) is 0 Å². The molecule has 6 nitrogen and oxygen atoms in total. The lowest BCUT2D eigenvalue weighted by Gasteiger charge is -2.09. The molecular formula is C10H10ClNO5S. The molecule has 0 saturated carbocycles. The first kappa shape index (κ1) is 14.5. The molecule has 1 rings (SSSR count). The van der Waals surface area contributed by atoms with Crippen LogP contribution in [0.15, 0.2) is 23.1 Å². The molecule has 0 aliphatic carbocycles. The number of amides is 1. The van der Waals surface area contributed by atoms with Crippen molar-refractivity contribution in [2.24, 2.45) is 0 Å². The van der Waals surface area contributed by atoms with E-state index in [9.17, 15) is 18.0 Å². The lowest BCUT2D eigenvalue weighted by Crippen LogP contribution is -2.09. The zero-order valence-corrected chi connectivity index (χ0v) is 11.1. The highest BCUT2D eigenvalue weighted by Crippen LogP contribution is 2.30. The zero-order chi connectivity index (χ0) is 13.9. The molecular weight excluding hydrogens is 282 g/mol. The molecule has 98 valence electrons. The summed E-state index contributed by atoms with van der Waals surface area (Å²) in [5, 5.41) is 2.43. The fourth-order valence-electron chi connectivity index (χ4n) is 1.23. The van der Waals surface area contributed by atoms with E-state index in [4.69, 9.17) is 15.4 Å². The quantitative estimate of drug-likeness (QED) is 0.518. The highest BCUT2D eigenvalue weighted by molar-refractivity contribution is 8.13. The minimum absolute atomic E-state index is 0.233. The second-order valence-electron chi connectivity index (χ2n) is 3.37. The molecule has 0 saturated heterocycles. The van der Waals surface area contributed by atoms with Gasteiger partial charge in [-0.3, -0.25) is 9.59 Å². The molecule has 0 radical (unpaired) electrons. The first-order valence-corrected chi connectivity index (χ1v) is 7.06. The Hall–Kier alpha value is -1.60. The molecule has 0 bridgehead atoms. The summed E-state index contributed by atoms with van der Waals surface area (Å²) < 4.78 is 27.3. The smallest absolute Gasteiger partial charge is 0.308 e. The lowest BCUT2D eigenvalue weighted by molar-refractivity contribution is -0.132. The topological polar surface area (TPSA) is 89.5 Å². The van der Waals surface area contributed by atoms with E-state index in [1.54, 1.807) is 0 Å². The molecule has 0 heterocycles. The van der Waals surface area contributed by atoms with Gasteiger partial charge >= 0.3 is 5.97 Å². The summed E-state index contributed by atoms with van der Waals surface area (Å²) in [6.45, 7) is 2.41. The Kier molecular flexibility index (Phi) is 4.31. The van der Waals surface area contributed by atoms with Crippen molar-refractivity contribution in [2.75, 3.05) is 5.32 Å². The molecule has 1 aromatic carbocycles. The van der Waals surface area contributed by atoms with E-state index >= 15 is 0 Å². The van der Waals surface area contributed by atoms with Crippen molar-refractivity contribution in [3.63, 3.8) is 0 Å². The Labute approximate surface area is 108 Å². The van der Waals surface area contributed by atoms with Gasteiger partial charge in [0, 0.05) is 36.3 Å². The van der Waals surface area contributed by atoms with Crippen molar-refractivity contribution in [3.8, 4) is 5.75 Å². The summed E-state index contributed by atoms with van der Waals surface area (Å²) in [5.74, 6) is -1.27. The van der Waals surface area contributed by atoms with Crippen molar-refractivity contribution in [1.29, 1.82) is 0 Å². The number of anilines is 1. The van der Waals surface area contributed by atoms with E-state index < -0.39 is 15.0 Å². The number of carbonyl (C=O) groups excluding carboxylic acids is 2. The van der Waals surface area contributed by atoms with Crippen molar-refractivity contribution < 1.29 is 22.7 Å². The monoisotopic (exact) mass is 291 g/mol. The number of hydrogen-bond donors (Lipinski definition) is 1. The van der Waals surface area contributed by atoms with Gasteiger partial charge in [0.05, 0.1) is 0 Å². The third kappa shape index (κ3) is 4.01. The van der Waals surface area contributed by atoms with Gasteiger partial charge in [0.25, 0.3) is 9.05 Å². The fourth-order valence-corrected chi connectivity index (χ4v) is 2.18. The molecule has 0 aliphatic heterocycles. The van der Waals surface area contributed by atoms with Crippen LogP contribution in [0.4, 0.5) is 5.69 Å². The number of nitrogens with one attached hydrogen (secondary N) is 1. The normalized spacial score (nSPS) is 10.8. The SMILES string of the molecule is CC(=O)Nc1ccc(S(=O)(=O)Cl)c(OC(C)=O)c1. The van der Waals surface area contributed by atoms with Crippen LogP contribution in [-0.2, 0) is 18.6 Å². The van der Waals surface area contributed by atoms with E-state index in [1.807, 2.05) is 0 Å². The van der Waals surface area contributed by atoms with Gasteiger partial charge < -0.3 is 10.1 Å². The standard InChI is InChI=1S/C10H10ClNO5S/c1-6(13)12-8-3-4-10(18(11,15)16)9(5-8)17-7(2)14/h3-5H,1-2H3,(H,12,13). The highest BCUT2D eigenvalue weighted by atomic mass is 35.7. The maximum absolute atomic E-state index is 11.3. The molecule has 0 atom stereocenters. The van der Waals surface area contributed by atoms with Crippen molar-refractivity contribution in [3.05, 3.63) is 18.2 Å². The largest absolute Gasteiger partial charge is 0.425 e. The van der Waals surface area contributed by atoms with Gasteiger partial charge in [0.1, 0.15) is 4.90 Å². The van der Waals surface area contributed by atoms with E-state index in [0.29, 0.717) is 5.69 Å². The molecule has 0 aliphatic rings. The van der Waals surface area contributed by atoms with Crippen LogP contribution >= 0.6 is 10.7 Å². The van der Waals surface area contributed by atoms with Gasteiger partial charge in [-0.2, -0.15) is 0 Å². The molecule has 0 fully saturated rings. The van der Waals surface area contributed by atoms with Gasteiger partial charge in [-0.1, -0.05) is 0 Å². The summed E-state index contributed by atoms with van der Waals surface area (Å²) in [5.41, 5.74) is 0.294. The van der Waals surface area contributed by atoms with Crippen molar-refractivity contribution in [2.45, 2.75) is 18.7 Å². The molecule has 1 aromatic rings. The van der Waals surface area contributed by atoms with Gasteiger partial charge in [0.2, 0.25) is 5.91 Å². The summed E-state index contributed by atoms with van der Waals surface area (Å²) in [4.78, 5) is 21.4. The Morgan fingerprint density at radius 3 is 2.33 bits per heavy atom. The second-order valence-corrected chi connectivity index (χ2v) is 5.91. The molecule has 18 heavy (non-hydrogen) atoms. The fraction of sp³-hybridized carbons (Fsp3) is 0.200. The van der Waals surface area contributed by atoms with Crippen LogP contribution in [0.5, 0.6) is 5.75 Å². The summed E-state index contributed by atoms with van der Waals surface area (Å²) in [7, 11) is 1.16. The van der Waals surface area contributed by atoms with Gasteiger partial charge in [-0.05, 0) is 12.1 Å². The molecule has 0 spiro atoms. The van der Waals surface area contributed by atoms with E-state index in [-0.39, 0.29) is 16.6 Å². The predicted octanol–water partition coefficient (Wildman–Crippen LogP) is 1.50. The van der Waals surface area contributed by atoms with Gasteiger partial charge in [0.15, 0.2) is 5.75 Å². The van der Waals surface area contributed by atoms with Crippen LogP contribution in [0.3, 0.4) is 0 Å². The first-order valence-electron chi connectivity index (χ1n) is 4.75. The third-order valence-electron chi connectivity index (χ3n) is 1.78. The molecule has 8 heteroatoms. The minimum Gasteiger partial charge on any atom is -0.425 e. The Morgan fingerprint density at radius 2 is 1.89 bits per heavy atom. The van der Waals surface area contributed by atoms with Crippen LogP contribution in [0, 0.1) is 0 Å². The van der Waals surface area contributed by atoms with E-state index in [1.165, 1.54) is 19.1 Å². The third-order valence-corrected chi connectivity index (χ3v) is 3.14. The minimum atomic E-state index is -4.04. The molecule has 0 aromatic heterocycles. The highest BCUT2D eigenvalue weighted by Gasteiger charge is 2.19. The predicted molar refractivity (Wildman–Crippen MR) is 65.1 cm³/mol.